The van der Waals surface area contributed by atoms with E-state index < -0.39 is 68.8 Å². The number of aliphatic hydroxyl groups is 1. The van der Waals surface area contributed by atoms with Crippen molar-refractivity contribution in [3.63, 3.8) is 0 Å². The van der Waals surface area contributed by atoms with Crippen LogP contribution in [-0.2, 0) is 43.3 Å². The maximum Gasteiger partial charge on any atom is 0.425 e. The van der Waals surface area contributed by atoms with Crippen LogP contribution in [0, 0.1) is 17.2 Å². The lowest BCUT2D eigenvalue weighted by Crippen LogP contribution is -2.52. The van der Waals surface area contributed by atoms with Gasteiger partial charge in [-0.1, -0.05) is 112 Å². The number of imidazole rings is 1. The third kappa shape index (κ3) is 13.4. The average Bonchev–Trinajstić information content (AvgIpc) is 3.85. The zero-order chi connectivity index (χ0) is 58.5. The standard InChI is InChI=1S/C61H71N8O12P/c1-10-21-51(70)79-54-53(71)50(38-76-61(43-22-14-11-15-23-43,44-28-32-48(74-8)33-29-44)45-30-34-49(75-9)35-31-45)78-58(54)66-39-63-52-56(80-60(73)67(46-24-16-12-17-25-46)47-26-18-13-19-27-47)65-59(64-55(72)40(2)3)68(57(52)66)81-82(77-37-20-36-62)69(41(4)5)42(6)7/h11-19,22-35,39-42,50,53-54,58-59,71H,10,20-21,37-38H2,1-9H3,(H,64,72)/t50-,53-,54-,58-,59?,82?/m1/s1. The zero-order valence-corrected chi connectivity index (χ0v) is 48.4. The molecule has 82 heavy (non-hydrogen) atoms. The van der Waals surface area contributed by atoms with Gasteiger partial charge in [0.25, 0.3) is 14.4 Å². The quantitative estimate of drug-likeness (QED) is 0.0249. The van der Waals surface area contributed by atoms with Crippen LogP contribution in [0.2, 0.25) is 0 Å². The van der Waals surface area contributed by atoms with Crippen LogP contribution in [0.15, 0.2) is 151 Å². The lowest BCUT2D eigenvalue weighted by molar-refractivity contribution is -0.158. The fourth-order valence-electron chi connectivity index (χ4n) is 9.69. The summed E-state index contributed by atoms with van der Waals surface area (Å²) in [4.78, 5) is 53.8. The van der Waals surface area contributed by atoms with Gasteiger partial charge in [0.2, 0.25) is 12.2 Å². The number of ether oxygens (including phenoxy) is 6. The van der Waals surface area contributed by atoms with E-state index in [0.717, 1.165) is 16.7 Å². The Labute approximate surface area is 480 Å². The highest BCUT2D eigenvalue weighted by molar-refractivity contribution is 7.44. The van der Waals surface area contributed by atoms with E-state index in [1.807, 2.05) is 130 Å². The number of para-hydroxylation sites is 2. The van der Waals surface area contributed by atoms with Gasteiger partial charge in [-0.05, 0) is 99.3 Å². The molecule has 2 N–H and O–H groups in total. The number of aliphatic hydroxyl groups excluding tert-OH is 1. The highest BCUT2D eigenvalue weighted by Gasteiger charge is 2.52. The Hall–Kier alpha value is -7.73. The molecule has 0 bridgehead atoms. The second-order valence-electron chi connectivity index (χ2n) is 20.2. The van der Waals surface area contributed by atoms with Gasteiger partial charge < -0.3 is 43.4 Å². The van der Waals surface area contributed by atoms with E-state index in [1.165, 1.54) is 20.9 Å². The van der Waals surface area contributed by atoms with Crippen LogP contribution in [0.1, 0.15) is 96.3 Å². The summed E-state index contributed by atoms with van der Waals surface area (Å²) >= 11 is 0. The molecular weight excluding hydrogens is 1070 g/mol. The number of nitriles is 1. The second kappa shape index (κ2) is 27.8. The second-order valence-corrected chi connectivity index (χ2v) is 21.6. The molecule has 0 aliphatic carbocycles. The van der Waals surface area contributed by atoms with Gasteiger partial charge in [-0.15, -0.1) is 0 Å². The van der Waals surface area contributed by atoms with Crippen LogP contribution >= 0.6 is 8.53 Å². The summed E-state index contributed by atoms with van der Waals surface area (Å²) in [7, 11) is 1.02. The van der Waals surface area contributed by atoms with E-state index in [4.69, 9.17) is 47.5 Å². The molecule has 0 saturated carbocycles. The molecule has 2 unspecified atom stereocenters. The summed E-state index contributed by atoms with van der Waals surface area (Å²) in [6.07, 6.45) is -6.11. The topological polar surface area (TPSA) is 221 Å². The largest absolute Gasteiger partial charge is 0.497 e. The maximum absolute atomic E-state index is 14.9. The Bertz CT molecular complexity index is 3030. The summed E-state index contributed by atoms with van der Waals surface area (Å²) in [5, 5.41) is 26.6. The Balaban J connectivity index is 1.29. The fourth-order valence-corrected chi connectivity index (χ4v) is 11.3. The summed E-state index contributed by atoms with van der Waals surface area (Å²) < 4.78 is 54.8. The smallest absolute Gasteiger partial charge is 0.425 e. The minimum atomic E-state index is -2.16. The molecular formula is C61H71N8O12P. The highest BCUT2D eigenvalue weighted by atomic mass is 31.2. The van der Waals surface area contributed by atoms with Gasteiger partial charge in [-0.2, -0.15) is 14.9 Å². The van der Waals surface area contributed by atoms with Crippen molar-refractivity contribution in [3.8, 4) is 17.6 Å². The first-order valence-corrected chi connectivity index (χ1v) is 28.4. The van der Waals surface area contributed by atoms with Gasteiger partial charge in [0.15, 0.2) is 23.8 Å². The van der Waals surface area contributed by atoms with Crippen molar-refractivity contribution < 1.29 is 57.1 Å². The molecule has 6 aromatic rings. The Kier molecular flexibility index (Phi) is 20.5. The molecule has 2 aliphatic heterocycles. The van der Waals surface area contributed by atoms with Crippen LogP contribution in [0.3, 0.4) is 0 Å². The van der Waals surface area contributed by atoms with Crippen LogP contribution in [0.5, 0.6) is 11.5 Å². The number of hydrogen-bond donors (Lipinski definition) is 2. The Morgan fingerprint density at radius 2 is 1.35 bits per heavy atom. The molecule has 6 atom stereocenters. The number of carbonyl (C=O) groups excluding carboxylic acids is 3. The van der Waals surface area contributed by atoms with Gasteiger partial charge in [0.05, 0.1) is 57.6 Å². The molecule has 3 heterocycles. The van der Waals surface area contributed by atoms with E-state index in [9.17, 15) is 24.8 Å². The highest BCUT2D eigenvalue weighted by Crippen LogP contribution is 2.50. The number of amides is 2. The first kappa shape index (κ1) is 60.4. The van der Waals surface area contributed by atoms with Crippen molar-refractivity contribution >= 4 is 49.6 Å². The molecule has 20 nitrogen and oxygen atoms in total. The lowest BCUT2D eigenvalue weighted by atomic mass is 9.80. The number of aliphatic imine (C=N–C) groups is 1. The number of nitrogens with one attached hydrogen (secondary N) is 1. The normalized spacial score (nSPS) is 18.2. The molecule has 8 rings (SSSR count). The Morgan fingerprint density at radius 1 is 0.805 bits per heavy atom. The number of esters is 1. The van der Waals surface area contributed by atoms with Gasteiger partial charge in [0.1, 0.15) is 29.3 Å². The van der Waals surface area contributed by atoms with Crippen LogP contribution in [0.25, 0.3) is 0 Å². The molecule has 2 aliphatic rings. The average molecular weight is 1140 g/mol. The predicted octanol–water partition coefficient (Wildman–Crippen LogP) is 10.7. The molecule has 2 amide bonds. The molecule has 0 spiro atoms. The maximum atomic E-state index is 14.9. The lowest BCUT2D eigenvalue weighted by Gasteiger charge is -2.41. The van der Waals surface area contributed by atoms with Gasteiger partial charge >= 0.3 is 12.1 Å². The molecule has 1 saturated heterocycles. The van der Waals surface area contributed by atoms with Gasteiger partial charge in [0, 0.05) is 24.4 Å². The van der Waals surface area contributed by atoms with Gasteiger partial charge in [-0.25, -0.2) is 24.3 Å². The van der Waals surface area contributed by atoms with Crippen molar-refractivity contribution in [3.05, 3.63) is 168 Å². The number of hydrogen-bond acceptors (Lipinski definition) is 17. The number of rotatable bonds is 24. The minimum absolute atomic E-state index is 0.00656. The summed E-state index contributed by atoms with van der Waals surface area (Å²) in [5.41, 5.74) is 1.73. The predicted molar refractivity (Wildman–Crippen MR) is 309 cm³/mol. The number of methoxy groups -OCH3 is 2. The first-order valence-electron chi connectivity index (χ1n) is 27.3. The zero-order valence-electron chi connectivity index (χ0n) is 47.5. The van der Waals surface area contributed by atoms with Crippen LogP contribution < -0.4 is 24.8 Å². The summed E-state index contributed by atoms with van der Waals surface area (Å²) in [5.74, 6) is -0.718. The van der Waals surface area contributed by atoms with Gasteiger partial charge in [-0.3, -0.25) is 14.2 Å². The van der Waals surface area contributed by atoms with E-state index in [1.54, 1.807) is 76.6 Å². The number of benzene rings is 5. The van der Waals surface area contributed by atoms with Crippen molar-refractivity contribution in [1.29, 1.82) is 5.26 Å². The van der Waals surface area contributed by atoms with Crippen molar-refractivity contribution in [1.82, 2.24) is 19.5 Å². The molecule has 5 aromatic carbocycles. The number of hydroxylamine groups is 1. The van der Waals surface area contributed by atoms with Crippen LogP contribution in [0.4, 0.5) is 22.0 Å². The summed E-state index contributed by atoms with van der Waals surface area (Å²) in [6, 6.07) is 44.2. The third-order valence-corrected chi connectivity index (χ3v) is 15.6. The van der Waals surface area contributed by atoms with E-state index in [2.05, 4.69) is 11.4 Å². The molecule has 1 fully saturated rings. The first-order chi connectivity index (χ1) is 39.6. The minimum Gasteiger partial charge on any atom is -0.497 e. The van der Waals surface area contributed by atoms with E-state index >= 15 is 0 Å². The number of carbonyl (C=O) groups is 3. The van der Waals surface area contributed by atoms with Crippen molar-refractivity contribution in [2.24, 2.45) is 10.9 Å². The number of aromatic nitrogens is 2. The molecule has 1 aromatic heterocycles. The number of nitrogens with zero attached hydrogens (tertiary/aromatic N) is 7. The van der Waals surface area contributed by atoms with Crippen LogP contribution in [-0.4, -0.2) is 107 Å². The van der Waals surface area contributed by atoms with E-state index in [0.29, 0.717) is 29.3 Å². The number of fused-ring (bicyclic) bond motifs is 1. The van der Waals surface area contributed by atoms with Crippen molar-refractivity contribution in [2.45, 2.75) is 116 Å². The molecule has 0 radical (unpaired) electrons. The molecule has 21 heteroatoms. The third-order valence-electron chi connectivity index (χ3n) is 13.6. The molecule has 432 valence electrons. The monoisotopic (exact) mass is 1140 g/mol. The van der Waals surface area contributed by atoms with Crippen molar-refractivity contribution in [2.75, 3.05) is 37.4 Å². The Morgan fingerprint density at radius 3 is 1.87 bits per heavy atom. The SMILES string of the molecule is CCCC(=O)O[C@@H]1[C@H](O)[C@@H](COC(c2ccccc2)(c2ccc(OC)cc2)c2ccc(OC)cc2)O[C@H]1n1cnc2c1N(OP(OCCC#N)N(C(C)C)C(C)C)C(NC(=O)C(C)C)N=C2OC(=O)N(c1ccccc1)c1ccccc1. The number of anilines is 3. The summed E-state index contributed by atoms with van der Waals surface area (Å²) in [6.45, 7) is 12.8. The van der Waals surface area contributed by atoms with E-state index in [-0.39, 0.29) is 55.5 Å². The fraction of sp³-hybridized carbons (Fsp3) is 0.377.